The molecular weight excluding hydrogens is 480 g/mol. The molecule has 5 aromatic rings. The predicted octanol–water partition coefficient (Wildman–Crippen LogP) is 3.16. The molecular formula is C27H26N10O. The molecule has 1 atom stereocenters. The van der Waals surface area contributed by atoms with Crippen molar-refractivity contribution < 1.29 is 4.79 Å². The summed E-state index contributed by atoms with van der Waals surface area (Å²) in [5.41, 5.74) is 5.91. The van der Waals surface area contributed by atoms with Gasteiger partial charge < -0.3 is 9.88 Å². The molecule has 0 saturated carbocycles. The second-order valence-electron chi connectivity index (χ2n) is 9.85. The first-order valence-electron chi connectivity index (χ1n) is 12.7. The van der Waals surface area contributed by atoms with E-state index in [2.05, 4.69) is 48.2 Å². The molecule has 1 unspecified atom stereocenters. The lowest BCUT2D eigenvalue weighted by Gasteiger charge is -2.39. The van der Waals surface area contributed by atoms with E-state index in [0.29, 0.717) is 24.4 Å². The Balaban J connectivity index is 1.35. The van der Waals surface area contributed by atoms with E-state index in [-0.39, 0.29) is 5.91 Å². The molecule has 38 heavy (non-hydrogen) atoms. The van der Waals surface area contributed by atoms with E-state index < -0.39 is 5.54 Å². The van der Waals surface area contributed by atoms with Gasteiger partial charge >= 0.3 is 0 Å². The molecule has 0 spiro atoms. The van der Waals surface area contributed by atoms with Gasteiger partial charge in [0.15, 0.2) is 5.65 Å². The number of benzene rings is 1. The molecule has 0 aliphatic carbocycles. The van der Waals surface area contributed by atoms with Crippen molar-refractivity contribution in [2.24, 2.45) is 0 Å². The Morgan fingerprint density at radius 2 is 1.89 bits per heavy atom. The molecule has 0 fully saturated rings. The van der Waals surface area contributed by atoms with Gasteiger partial charge in [-0.2, -0.15) is 5.10 Å². The van der Waals surface area contributed by atoms with Gasteiger partial charge in [-0.05, 0) is 39.0 Å². The summed E-state index contributed by atoms with van der Waals surface area (Å²) in [7, 11) is 0. The van der Waals surface area contributed by atoms with Crippen LogP contribution in [0.4, 0.5) is 5.69 Å². The van der Waals surface area contributed by atoms with Gasteiger partial charge in [-0.25, -0.2) is 24.9 Å². The zero-order valence-electron chi connectivity index (χ0n) is 21.4. The zero-order chi connectivity index (χ0) is 26.0. The van der Waals surface area contributed by atoms with Crippen LogP contribution >= 0.6 is 0 Å². The van der Waals surface area contributed by atoms with Crippen LogP contribution in [0.1, 0.15) is 30.9 Å². The maximum atomic E-state index is 13.4. The maximum Gasteiger partial charge on any atom is 0.249 e. The number of anilines is 1. The zero-order valence-corrected chi connectivity index (χ0v) is 21.4. The Hall–Kier alpha value is -4.51. The number of nitrogens with one attached hydrogen (secondary N) is 1. The summed E-state index contributed by atoms with van der Waals surface area (Å²) >= 11 is 0. The number of rotatable bonds is 4. The van der Waals surface area contributed by atoms with E-state index in [9.17, 15) is 4.79 Å². The largest absolute Gasteiger partial charge is 0.324 e. The highest BCUT2D eigenvalue weighted by Gasteiger charge is 2.48. The topological polar surface area (TPSA) is 120 Å². The van der Waals surface area contributed by atoms with E-state index in [1.54, 1.807) is 18.7 Å². The Bertz CT molecular complexity index is 1720. The summed E-state index contributed by atoms with van der Waals surface area (Å²) in [6, 6.07) is 8.03. The normalized spacial score (nSPS) is 19.0. The van der Waals surface area contributed by atoms with E-state index in [1.165, 1.54) is 0 Å². The van der Waals surface area contributed by atoms with Gasteiger partial charge in [-0.3, -0.25) is 14.4 Å². The first kappa shape index (κ1) is 22.7. The van der Waals surface area contributed by atoms with E-state index in [0.717, 1.165) is 58.3 Å². The number of aromatic nitrogens is 8. The molecule has 0 bridgehead atoms. The molecule has 0 radical (unpaired) electrons. The number of carbonyl (C=O) groups is 1. The van der Waals surface area contributed by atoms with Gasteiger partial charge in [-0.15, -0.1) is 0 Å². The smallest absolute Gasteiger partial charge is 0.249 e. The Labute approximate surface area is 218 Å². The number of aryl methyl sites for hydroxylation is 2. The molecule has 11 heteroatoms. The summed E-state index contributed by atoms with van der Waals surface area (Å²) in [5.74, 6) is 1.43. The van der Waals surface area contributed by atoms with Crippen molar-refractivity contribution in [3.8, 4) is 22.6 Å². The predicted molar refractivity (Wildman–Crippen MR) is 141 cm³/mol. The van der Waals surface area contributed by atoms with Crippen LogP contribution in [0.15, 0.2) is 49.2 Å². The first-order chi connectivity index (χ1) is 18.5. The summed E-state index contributed by atoms with van der Waals surface area (Å²) in [4.78, 5) is 38.5. The highest BCUT2D eigenvalue weighted by Crippen LogP contribution is 2.43. The van der Waals surface area contributed by atoms with Crippen LogP contribution in [0.3, 0.4) is 0 Å². The van der Waals surface area contributed by atoms with Gasteiger partial charge in [0, 0.05) is 55.0 Å². The molecule has 0 saturated heterocycles. The molecule has 2 aliphatic heterocycles. The molecule has 6 heterocycles. The number of fused-ring (bicyclic) bond motifs is 3. The molecule has 1 aromatic carbocycles. The summed E-state index contributed by atoms with van der Waals surface area (Å²) in [5, 5.41) is 7.49. The first-order valence-corrected chi connectivity index (χ1v) is 12.7. The van der Waals surface area contributed by atoms with Crippen molar-refractivity contribution >= 4 is 22.8 Å². The monoisotopic (exact) mass is 506 g/mol. The SMILES string of the molecule is CCn1c(-c2cnc(C)nc2)nc2c(-c3ccc4c(c3)C(C)(N3CCn5nccc5C3)C(=O)N4)ncnc21. The Kier molecular flexibility index (Phi) is 4.92. The molecule has 1 amide bonds. The molecule has 1 N–H and O–H groups in total. The van der Waals surface area contributed by atoms with E-state index in [4.69, 9.17) is 4.98 Å². The maximum absolute atomic E-state index is 13.4. The Morgan fingerprint density at radius 1 is 1.05 bits per heavy atom. The van der Waals surface area contributed by atoms with E-state index in [1.807, 2.05) is 47.5 Å². The minimum Gasteiger partial charge on any atom is -0.324 e. The average Bonchev–Trinajstić information content (AvgIpc) is 3.63. The minimum absolute atomic E-state index is 0.0256. The number of imidazole rings is 1. The third kappa shape index (κ3) is 3.21. The van der Waals surface area contributed by atoms with Crippen LogP contribution in [0.25, 0.3) is 33.8 Å². The van der Waals surface area contributed by atoms with Crippen LogP contribution in [0.2, 0.25) is 0 Å². The van der Waals surface area contributed by atoms with Crippen LogP contribution in [-0.4, -0.2) is 56.6 Å². The summed E-state index contributed by atoms with van der Waals surface area (Å²) < 4.78 is 4.05. The standard InChI is InChI=1S/C27H26N10O/c1-4-36-24(18-12-28-16(2)29-13-18)34-23-22(30-15-31-25(23)36)17-5-6-21-20(11-17)27(3,26(38)33-21)35-9-10-37-19(14-35)7-8-32-37/h5-8,11-13,15H,4,9-10,14H2,1-3H3,(H,33,38). The molecule has 7 rings (SSSR count). The lowest BCUT2D eigenvalue weighted by molar-refractivity contribution is -0.128. The van der Waals surface area contributed by atoms with Gasteiger partial charge in [-0.1, -0.05) is 6.07 Å². The fourth-order valence-corrected chi connectivity index (χ4v) is 5.63. The number of hydrogen-bond donors (Lipinski definition) is 1. The number of nitrogens with zero attached hydrogens (tertiary/aromatic N) is 9. The molecule has 4 aromatic heterocycles. The van der Waals surface area contributed by atoms with Crippen molar-refractivity contribution in [1.29, 1.82) is 0 Å². The summed E-state index contributed by atoms with van der Waals surface area (Å²) in [6.45, 7) is 8.72. The fourth-order valence-electron chi connectivity index (χ4n) is 5.63. The highest BCUT2D eigenvalue weighted by molar-refractivity contribution is 6.06. The Morgan fingerprint density at radius 3 is 2.71 bits per heavy atom. The highest BCUT2D eigenvalue weighted by atomic mass is 16.2. The molecule has 11 nitrogen and oxygen atoms in total. The molecule has 190 valence electrons. The van der Waals surface area contributed by atoms with Gasteiger partial charge in [0.1, 0.15) is 34.7 Å². The van der Waals surface area contributed by atoms with Crippen molar-refractivity contribution in [2.45, 2.75) is 45.9 Å². The lowest BCUT2D eigenvalue weighted by Crippen LogP contribution is -2.51. The number of hydrogen-bond acceptors (Lipinski definition) is 8. The minimum atomic E-state index is -0.819. The average molecular weight is 507 g/mol. The van der Waals surface area contributed by atoms with Crippen molar-refractivity contribution in [1.82, 2.24) is 44.2 Å². The van der Waals surface area contributed by atoms with Crippen LogP contribution in [-0.2, 0) is 30.0 Å². The van der Waals surface area contributed by atoms with Crippen molar-refractivity contribution in [3.05, 3.63) is 66.3 Å². The van der Waals surface area contributed by atoms with Gasteiger partial charge in [0.25, 0.3) is 0 Å². The van der Waals surface area contributed by atoms with Crippen LogP contribution in [0, 0.1) is 6.92 Å². The number of amides is 1. The molecule has 2 aliphatic rings. The third-order valence-electron chi connectivity index (χ3n) is 7.77. The lowest BCUT2D eigenvalue weighted by atomic mass is 9.89. The van der Waals surface area contributed by atoms with E-state index >= 15 is 0 Å². The van der Waals surface area contributed by atoms with Crippen molar-refractivity contribution in [2.75, 3.05) is 11.9 Å². The summed E-state index contributed by atoms with van der Waals surface area (Å²) in [6.07, 6.45) is 6.95. The van der Waals surface area contributed by atoms with Crippen LogP contribution in [0.5, 0.6) is 0 Å². The quantitative estimate of drug-likeness (QED) is 0.395. The number of carbonyl (C=O) groups excluding carboxylic acids is 1. The fraction of sp³-hybridized carbons (Fsp3) is 0.296. The second kappa shape index (κ2) is 8.25. The van der Waals surface area contributed by atoms with Gasteiger partial charge in [0.2, 0.25) is 5.91 Å². The third-order valence-corrected chi connectivity index (χ3v) is 7.77. The van der Waals surface area contributed by atoms with Crippen molar-refractivity contribution in [3.63, 3.8) is 0 Å². The van der Waals surface area contributed by atoms with Crippen LogP contribution < -0.4 is 5.32 Å². The second-order valence-corrected chi connectivity index (χ2v) is 9.85. The van der Waals surface area contributed by atoms with Gasteiger partial charge in [0.05, 0.1) is 17.8 Å².